The minimum absolute atomic E-state index is 0.00124. The maximum Gasteiger partial charge on any atom is 0.248 e. The lowest BCUT2D eigenvalue weighted by Crippen LogP contribution is -2.34. The molecule has 7 nitrogen and oxygen atoms in total. The lowest BCUT2D eigenvalue weighted by Gasteiger charge is -2.20. The molecule has 0 spiro atoms. The van der Waals surface area contributed by atoms with Crippen LogP contribution in [0, 0.1) is 17.2 Å². The van der Waals surface area contributed by atoms with Crippen molar-refractivity contribution in [2.24, 2.45) is 5.92 Å². The number of hydrogen-bond acceptors (Lipinski definition) is 5. The third-order valence-corrected chi connectivity index (χ3v) is 4.70. The molecule has 0 amide bonds. The number of aromatic nitrogens is 2. The largest absolute Gasteiger partial charge is 0.381 e. The van der Waals surface area contributed by atoms with Gasteiger partial charge in [-0.15, -0.1) is 0 Å². The maximum atomic E-state index is 12.4. The summed E-state index contributed by atoms with van der Waals surface area (Å²) in [6.45, 7) is 6.22. The summed E-state index contributed by atoms with van der Waals surface area (Å²) in [7, 11) is -3.70. The quantitative estimate of drug-likeness (QED) is 0.826. The number of rotatable bonds is 6. The number of nitriles is 1. The van der Waals surface area contributed by atoms with E-state index in [9.17, 15) is 8.42 Å². The predicted molar refractivity (Wildman–Crippen MR) is 71.5 cm³/mol. The summed E-state index contributed by atoms with van der Waals surface area (Å²) in [5.74, 6) is -0.387. The first-order valence-corrected chi connectivity index (χ1v) is 7.53. The average Bonchev–Trinajstić information content (AvgIpc) is 2.77. The van der Waals surface area contributed by atoms with Crippen molar-refractivity contribution in [3.05, 3.63) is 6.20 Å². The van der Waals surface area contributed by atoms with Gasteiger partial charge in [0, 0.05) is 25.8 Å². The monoisotopic (exact) mass is 285 g/mol. The molecule has 0 aliphatic rings. The Morgan fingerprint density at radius 3 is 2.63 bits per heavy atom. The predicted octanol–water partition coefficient (Wildman–Crippen LogP) is 0.655. The molecule has 1 atom stereocenters. The molecule has 19 heavy (non-hydrogen) atoms. The molecule has 0 fully saturated rings. The van der Waals surface area contributed by atoms with Gasteiger partial charge in [0.1, 0.15) is 4.90 Å². The molecule has 1 unspecified atom stereocenters. The van der Waals surface area contributed by atoms with Crippen LogP contribution >= 0.6 is 0 Å². The number of aryl methyl sites for hydroxylation is 1. The van der Waals surface area contributed by atoms with E-state index < -0.39 is 10.0 Å². The Kier molecular flexibility index (Phi) is 4.91. The van der Waals surface area contributed by atoms with Crippen LogP contribution in [0.25, 0.3) is 0 Å². The van der Waals surface area contributed by atoms with E-state index in [0.717, 1.165) is 0 Å². The van der Waals surface area contributed by atoms with Crippen LogP contribution in [-0.4, -0.2) is 35.6 Å². The molecule has 1 rings (SSSR count). The Bertz CT molecular complexity index is 572. The van der Waals surface area contributed by atoms with Crippen molar-refractivity contribution in [3.63, 3.8) is 0 Å². The second kappa shape index (κ2) is 6.04. The average molecular weight is 285 g/mol. The molecule has 0 bridgehead atoms. The van der Waals surface area contributed by atoms with Gasteiger partial charge in [-0.05, 0) is 13.8 Å². The van der Waals surface area contributed by atoms with Crippen LogP contribution in [0.3, 0.4) is 0 Å². The van der Waals surface area contributed by atoms with Crippen LogP contribution in [0.5, 0.6) is 0 Å². The summed E-state index contributed by atoms with van der Waals surface area (Å²) < 4.78 is 27.6. The summed E-state index contributed by atoms with van der Waals surface area (Å²) in [5, 5.41) is 12.7. The third-order valence-electron chi connectivity index (χ3n) is 2.75. The molecule has 2 N–H and O–H groups in total. The molecular formula is C11H19N5O2S. The van der Waals surface area contributed by atoms with Gasteiger partial charge < -0.3 is 5.73 Å². The highest BCUT2D eigenvalue weighted by Crippen LogP contribution is 2.21. The minimum Gasteiger partial charge on any atom is -0.381 e. The zero-order valence-corrected chi connectivity index (χ0v) is 12.2. The first-order chi connectivity index (χ1) is 8.86. The number of nitrogens with two attached hydrogens (primary N) is 1. The third kappa shape index (κ3) is 3.24. The van der Waals surface area contributed by atoms with Crippen LogP contribution < -0.4 is 5.73 Å². The summed E-state index contributed by atoms with van der Waals surface area (Å²) in [5.41, 5.74) is 5.66. The highest BCUT2D eigenvalue weighted by Gasteiger charge is 2.28. The van der Waals surface area contributed by atoms with E-state index in [2.05, 4.69) is 5.10 Å². The van der Waals surface area contributed by atoms with Crippen molar-refractivity contribution >= 4 is 15.8 Å². The van der Waals surface area contributed by atoms with E-state index in [1.165, 1.54) is 15.2 Å². The second-order valence-corrected chi connectivity index (χ2v) is 6.13. The fourth-order valence-corrected chi connectivity index (χ4v) is 3.26. The van der Waals surface area contributed by atoms with E-state index >= 15 is 0 Å². The lowest BCUT2D eigenvalue weighted by atomic mass is 10.2. The molecule has 0 aliphatic carbocycles. The Labute approximate surface area is 113 Å². The molecule has 106 valence electrons. The van der Waals surface area contributed by atoms with E-state index in [1.54, 1.807) is 13.8 Å². The van der Waals surface area contributed by atoms with E-state index in [0.29, 0.717) is 6.54 Å². The van der Waals surface area contributed by atoms with Crippen LogP contribution in [0.15, 0.2) is 11.1 Å². The van der Waals surface area contributed by atoms with Gasteiger partial charge in [0.15, 0.2) is 5.82 Å². The summed E-state index contributed by atoms with van der Waals surface area (Å²) in [6, 6.07) is 2.03. The number of anilines is 1. The Morgan fingerprint density at radius 2 is 2.21 bits per heavy atom. The number of nitrogen functional groups attached to an aromatic ring is 1. The molecule has 0 saturated heterocycles. The number of hydrogen-bond donors (Lipinski definition) is 1. The molecule has 0 radical (unpaired) electrons. The summed E-state index contributed by atoms with van der Waals surface area (Å²) >= 11 is 0. The van der Waals surface area contributed by atoms with Crippen LogP contribution in [0.4, 0.5) is 5.82 Å². The fourth-order valence-electron chi connectivity index (χ4n) is 1.66. The van der Waals surface area contributed by atoms with Gasteiger partial charge in [-0.1, -0.05) is 6.92 Å². The van der Waals surface area contributed by atoms with Crippen LogP contribution in [0.2, 0.25) is 0 Å². The fraction of sp³-hybridized carbons (Fsp3) is 0.636. The van der Waals surface area contributed by atoms with E-state index in [1.807, 2.05) is 13.0 Å². The van der Waals surface area contributed by atoms with Crippen molar-refractivity contribution in [2.45, 2.75) is 32.2 Å². The van der Waals surface area contributed by atoms with Gasteiger partial charge in [0.05, 0.1) is 12.0 Å². The van der Waals surface area contributed by atoms with Gasteiger partial charge in [0.25, 0.3) is 0 Å². The standard InChI is InChI=1S/C11H19N5O2S/c1-4-15-8-10(11(13)14-15)19(17,18)16(5-2)7-9(3)6-12/h8-9H,4-5,7H2,1-3H3,(H2,13,14). The Morgan fingerprint density at radius 1 is 1.58 bits per heavy atom. The van der Waals surface area contributed by atoms with Crippen molar-refractivity contribution in [2.75, 3.05) is 18.8 Å². The zero-order valence-electron chi connectivity index (χ0n) is 11.4. The number of sulfonamides is 1. The van der Waals surface area contributed by atoms with Crippen molar-refractivity contribution in [1.82, 2.24) is 14.1 Å². The molecule has 1 aromatic heterocycles. The van der Waals surface area contributed by atoms with Crippen LogP contribution in [-0.2, 0) is 16.6 Å². The molecule has 1 aromatic rings. The highest BCUT2D eigenvalue weighted by molar-refractivity contribution is 7.89. The maximum absolute atomic E-state index is 12.4. The van der Waals surface area contributed by atoms with Gasteiger partial charge in [-0.2, -0.15) is 14.7 Å². The summed E-state index contributed by atoms with van der Waals surface area (Å²) in [4.78, 5) is 0.00124. The van der Waals surface area contributed by atoms with Crippen molar-refractivity contribution < 1.29 is 8.42 Å². The molecule has 8 heteroatoms. The molecule has 1 heterocycles. The number of nitrogens with zero attached hydrogens (tertiary/aromatic N) is 4. The Hall–Kier alpha value is -1.59. The summed E-state index contributed by atoms with van der Waals surface area (Å²) in [6.07, 6.45) is 1.42. The minimum atomic E-state index is -3.70. The molecule has 0 aromatic carbocycles. The Balaban J connectivity index is 3.13. The molecule has 0 aliphatic heterocycles. The van der Waals surface area contributed by atoms with Crippen molar-refractivity contribution in [1.29, 1.82) is 5.26 Å². The highest BCUT2D eigenvalue weighted by atomic mass is 32.2. The molecule has 0 saturated carbocycles. The lowest BCUT2D eigenvalue weighted by molar-refractivity contribution is 0.400. The van der Waals surface area contributed by atoms with Gasteiger partial charge in [-0.25, -0.2) is 8.42 Å². The SMILES string of the molecule is CCN(CC(C)C#N)S(=O)(=O)c1cn(CC)nc1N. The van der Waals surface area contributed by atoms with Crippen molar-refractivity contribution in [3.8, 4) is 6.07 Å². The first-order valence-electron chi connectivity index (χ1n) is 6.09. The van der Waals surface area contributed by atoms with Gasteiger partial charge in [0.2, 0.25) is 10.0 Å². The normalized spacial score (nSPS) is 13.4. The molecular weight excluding hydrogens is 266 g/mol. The van der Waals surface area contributed by atoms with Gasteiger partial charge >= 0.3 is 0 Å². The topological polar surface area (TPSA) is 105 Å². The smallest absolute Gasteiger partial charge is 0.248 e. The first kappa shape index (κ1) is 15.5. The second-order valence-electron chi connectivity index (χ2n) is 4.22. The van der Waals surface area contributed by atoms with E-state index in [4.69, 9.17) is 11.0 Å². The van der Waals surface area contributed by atoms with Crippen LogP contribution in [0.1, 0.15) is 20.8 Å². The zero-order chi connectivity index (χ0) is 14.6. The van der Waals surface area contributed by atoms with E-state index in [-0.39, 0.29) is 29.7 Å². The van der Waals surface area contributed by atoms with Gasteiger partial charge in [-0.3, -0.25) is 4.68 Å².